The van der Waals surface area contributed by atoms with Crippen molar-refractivity contribution in [1.29, 1.82) is 0 Å². The monoisotopic (exact) mass is 556 g/mol. The highest BCUT2D eigenvalue weighted by Gasteiger charge is 2.48. The summed E-state index contributed by atoms with van der Waals surface area (Å²) in [5.41, 5.74) is 6.00. The van der Waals surface area contributed by atoms with Crippen LogP contribution in [-0.4, -0.2) is 65.0 Å². The SMILES string of the molecule is COc1ccccc1N1CCN(C(=O)CCCc2nnc3n2C2CCCCC2C2NC(c4ccccc4)NN32)CC1. The smallest absolute Gasteiger partial charge is 0.243 e. The number of nitrogens with one attached hydrogen (secondary N) is 2. The minimum Gasteiger partial charge on any atom is -0.495 e. The van der Waals surface area contributed by atoms with E-state index in [0.717, 1.165) is 68.7 Å². The third-order valence-electron chi connectivity index (χ3n) is 9.35. The number of benzene rings is 2. The van der Waals surface area contributed by atoms with Crippen LogP contribution in [-0.2, 0) is 11.2 Å². The largest absolute Gasteiger partial charge is 0.495 e. The zero-order valence-electron chi connectivity index (χ0n) is 23.8. The molecule has 7 rings (SSSR count). The molecule has 4 aliphatic rings. The molecule has 3 fully saturated rings. The maximum atomic E-state index is 13.1. The molecule has 10 heteroatoms. The minimum absolute atomic E-state index is 0.0524. The molecule has 3 aliphatic heterocycles. The van der Waals surface area contributed by atoms with E-state index in [0.29, 0.717) is 18.4 Å². The Morgan fingerprint density at radius 1 is 0.976 bits per heavy atom. The highest BCUT2D eigenvalue weighted by Crippen LogP contribution is 2.45. The molecular weight excluding hydrogens is 516 g/mol. The molecule has 2 aromatic carbocycles. The first kappa shape index (κ1) is 26.3. The summed E-state index contributed by atoms with van der Waals surface area (Å²) >= 11 is 0. The van der Waals surface area contributed by atoms with Crippen molar-refractivity contribution in [2.75, 3.05) is 43.2 Å². The molecule has 4 unspecified atom stereocenters. The van der Waals surface area contributed by atoms with Gasteiger partial charge in [-0.3, -0.25) is 19.7 Å². The predicted molar refractivity (Wildman–Crippen MR) is 157 cm³/mol. The molecule has 1 aromatic heterocycles. The number of nitrogens with zero attached hydrogens (tertiary/aromatic N) is 6. The van der Waals surface area contributed by atoms with Gasteiger partial charge in [-0.05, 0) is 37.0 Å². The van der Waals surface area contributed by atoms with Gasteiger partial charge in [0.1, 0.15) is 23.9 Å². The number of aryl methyl sites for hydroxylation is 1. The van der Waals surface area contributed by atoms with Crippen LogP contribution in [0.4, 0.5) is 11.6 Å². The number of carbonyl (C=O) groups excluding carboxylic acids is 1. The molecule has 10 nitrogen and oxygen atoms in total. The van der Waals surface area contributed by atoms with Crippen molar-refractivity contribution in [3.63, 3.8) is 0 Å². The maximum absolute atomic E-state index is 13.1. The number of amides is 1. The van der Waals surface area contributed by atoms with E-state index in [2.05, 4.69) is 71.8 Å². The van der Waals surface area contributed by atoms with Crippen LogP contribution in [0.5, 0.6) is 5.75 Å². The van der Waals surface area contributed by atoms with Crippen LogP contribution in [0.25, 0.3) is 0 Å². The molecule has 4 atom stereocenters. The highest BCUT2D eigenvalue weighted by molar-refractivity contribution is 5.76. The summed E-state index contributed by atoms with van der Waals surface area (Å²) in [6, 6.07) is 19.0. The number of aromatic nitrogens is 3. The van der Waals surface area contributed by atoms with Crippen LogP contribution >= 0.6 is 0 Å². The van der Waals surface area contributed by atoms with Gasteiger partial charge in [-0.2, -0.15) is 0 Å². The Morgan fingerprint density at radius 2 is 1.76 bits per heavy atom. The second-order valence-corrected chi connectivity index (χ2v) is 11.6. The molecule has 2 N–H and O–H groups in total. The zero-order valence-corrected chi connectivity index (χ0v) is 23.8. The lowest BCUT2D eigenvalue weighted by atomic mass is 9.81. The average Bonchev–Trinajstić information content (AvgIpc) is 3.67. The van der Waals surface area contributed by atoms with Gasteiger partial charge in [0.25, 0.3) is 0 Å². The van der Waals surface area contributed by atoms with E-state index in [1.165, 1.54) is 24.8 Å². The summed E-state index contributed by atoms with van der Waals surface area (Å²) in [4.78, 5) is 17.5. The number of hydrazine groups is 1. The first-order chi connectivity index (χ1) is 20.2. The first-order valence-electron chi connectivity index (χ1n) is 15.2. The quantitative estimate of drug-likeness (QED) is 0.456. The fourth-order valence-electron chi connectivity index (χ4n) is 7.28. The lowest BCUT2D eigenvalue weighted by Gasteiger charge is -2.44. The zero-order chi connectivity index (χ0) is 27.8. The molecule has 2 saturated heterocycles. The normalized spacial score (nSPS) is 25.4. The number of piperazine rings is 1. The highest BCUT2D eigenvalue weighted by atomic mass is 16.5. The van der Waals surface area contributed by atoms with E-state index in [1.807, 2.05) is 23.1 Å². The van der Waals surface area contributed by atoms with Crippen molar-refractivity contribution < 1.29 is 9.53 Å². The van der Waals surface area contributed by atoms with Crippen LogP contribution in [0.1, 0.15) is 62.1 Å². The number of ether oxygens (including phenoxy) is 1. The third-order valence-corrected chi connectivity index (χ3v) is 9.35. The number of anilines is 2. The van der Waals surface area contributed by atoms with Gasteiger partial charge in [0.05, 0.1) is 12.8 Å². The summed E-state index contributed by atoms with van der Waals surface area (Å²) in [7, 11) is 1.71. The van der Waals surface area contributed by atoms with Crippen LogP contribution in [0, 0.1) is 5.92 Å². The topological polar surface area (TPSA) is 90.8 Å². The molecule has 41 heavy (non-hydrogen) atoms. The number of hydrogen-bond acceptors (Lipinski definition) is 8. The molecule has 1 aliphatic carbocycles. The second-order valence-electron chi connectivity index (χ2n) is 11.6. The Balaban J connectivity index is 0.990. The number of rotatable bonds is 7. The van der Waals surface area contributed by atoms with Gasteiger partial charge in [-0.1, -0.05) is 55.3 Å². The predicted octanol–water partition coefficient (Wildman–Crippen LogP) is 3.64. The summed E-state index contributed by atoms with van der Waals surface area (Å²) < 4.78 is 7.92. The lowest BCUT2D eigenvalue weighted by Crippen LogP contribution is -2.53. The van der Waals surface area contributed by atoms with Gasteiger partial charge >= 0.3 is 0 Å². The molecule has 0 radical (unpaired) electrons. The molecule has 3 aromatic rings. The third kappa shape index (κ3) is 4.93. The summed E-state index contributed by atoms with van der Waals surface area (Å²) in [5, 5.41) is 15.4. The number of methoxy groups -OCH3 is 1. The van der Waals surface area contributed by atoms with Gasteiger partial charge in [0, 0.05) is 51.0 Å². The van der Waals surface area contributed by atoms with E-state index in [4.69, 9.17) is 4.74 Å². The Hall–Kier alpha value is -3.63. The molecule has 1 saturated carbocycles. The van der Waals surface area contributed by atoms with Gasteiger partial charge in [-0.25, -0.2) is 5.43 Å². The van der Waals surface area contributed by atoms with Crippen molar-refractivity contribution in [3.8, 4) is 5.75 Å². The van der Waals surface area contributed by atoms with Crippen molar-refractivity contribution in [3.05, 3.63) is 66.0 Å². The molecule has 0 spiro atoms. The molecule has 0 bridgehead atoms. The Morgan fingerprint density at radius 3 is 2.59 bits per heavy atom. The summed E-state index contributed by atoms with van der Waals surface area (Å²) in [6.07, 6.45) is 7.17. The average molecular weight is 557 g/mol. The van der Waals surface area contributed by atoms with E-state index in [1.54, 1.807) is 7.11 Å². The van der Waals surface area contributed by atoms with Crippen LogP contribution < -0.4 is 25.4 Å². The number of hydrogen-bond donors (Lipinski definition) is 2. The van der Waals surface area contributed by atoms with Crippen molar-refractivity contribution in [1.82, 2.24) is 30.4 Å². The van der Waals surface area contributed by atoms with Crippen LogP contribution in [0.3, 0.4) is 0 Å². The van der Waals surface area contributed by atoms with E-state index in [9.17, 15) is 4.79 Å². The molecule has 4 heterocycles. The Labute approximate surface area is 241 Å². The van der Waals surface area contributed by atoms with E-state index < -0.39 is 0 Å². The lowest BCUT2D eigenvalue weighted by molar-refractivity contribution is -0.131. The van der Waals surface area contributed by atoms with Gasteiger partial charge in [0.15, 0.2) is 0 Å². The molecular formula is C31H40N8O2. The second kappa shape index (κ2) is 11.3. The fraction of sp³-hybridized carbons (Fsp3) is 0.516. The van der Waals surface area contributed by atoms with E-state index in [-0.39, 0.29) is 18.2 Å². The summed E-state index contributed by atoms with van der Waals surface area (Å²) in [6.45, 7) is 3.10. The van der Waals surface area contributed by atoms with E-state index >= 15 is 0 Å². The van der Waals surface area contributed by atoms with Gasteiger partial charge in [-0.15, -0.1) is 10.2 Å². The first-order valence-corrected chi connectivity index (χ1v) is 15.2. The van der Waals surface area contributed by atoms with Crippen molar-refractivity contribution in [2.24, 2.45) is 5.92 Å². The Kier molecular flexibility index (Phi) is 7.26. The van der Waals surface area contributed by atoms with Crippen molar-refractivity contribution >= 4 is 17.5 Å². The molecule has 1 amide bonds. The number of fused-ring (bicyclic) bond motifs is 6. The van der Waals surface area contributed by atoms with Crippen molar-refractivity contribution in [2.45, 2.75) is 63.3 Å². The van der Waals surface area contributed by atoms with Crippen LogP contribution in [0.15, 0.2) is 54.6 Å². The number of para-hydroxylation sites is 2. The fourth-order valence-corrected chi connectivity index (χ4v) is 7.28. The van der Waals surface area contributed by atoms with Gasteiger partial charge < -0.3 is 14.5 Å². The number of carbonyl (C=O) groups is 1. The van der Waals surface area contributed by atoms with Crippen LogP contribution in [0.2, 0.25) is 0 Å². The Bertz CT molecular complexity index is 1360. The standard InChI is InChI=1S/C31H40N8O2/c1-41-26-15-8-7-14-25(26)36-18-20-37(21-19-36)28(40)17-9-16-27-33-34-31-38(27)24-13-6-5-12-23(24)30-32-29(35-39(30)31)22-10-3-2-4-11-22/h2-4,7-8,10-11,14-15,23-24,29-30,32,35H,5-6,9,12-13,16-21H2,1H3. The maximum Gasteiger partial charge on any atom is 0.243 e. The molecule has 216 valence electrons. The van der Waals surface area contributed by atoms with Gasteiger partial charge in [0.2, 0.25) is 11.9 Å². The minimum atomic E-state index is 0.0524. The summed E-state index contributed by atoms with van der Waals surface area (Å²) in [5.74, 6) is 3.51.